The van der Waals surface area contributed by atoms with Gasteiger partial charge < -0.3 is 0 Å². The molecule has 0 aliphatic carbocycles. The molecule has 1 aromatic rings. The van der Waals surface area contributed by atoms with E-state index >= 15 is 0 Å². The Balaban J connectivity index is 2.23. The van der Waals surface area contributed by atoms with E-state index in [4.69, 9.17) is 0 Å². The van der Waals surface area contributed by atoms with Crippen LogP contribution in [0.4, 0.5) is 0 Å². The smallest absolute Gasteiger partial charge is 0.130 e. The molecule has 1 rings (SSSR count). The molecule has 1 aromatic heterocycles. The van der Waals surface area contributed by atoms with Crippen molar-refractivity contribution >= 4 is 54.5 Å². The molecule has 0 N–H and O–H groups in total. The maximum Gasteiger partial charge on any atom is 0.185 e. The van der Waals surface area contributed by atoms with Crippen molar-refractivity contribution in [2.24, 2.45) is 0 Å². The first-order valence-electron chi connectivity index (χ1n) is 12.3. The third-order valence-corrected chi connectivity index (χ3v) is 13.6. The lowest BCUT2D eigenvalue weighted by Crippen LogP contribution is -2.12. The van der Waals surface area contributed by atoms with Gasteiger partial charge in [-0.3, -0.25) is 0 Å². The van der Waals surface area contributed by atoms with E-state index in [1.54, 1.807) is 11.3 Å². The Hall–Kier alpha value is 0.960. The molecule has 0 aliphatic heterocycles. The van der Waals surface area contributed by atoms with E-state index < -0.39 is 0 Å². The Bertz CT molecular complexity index is 513. The van der Waals surface area contributed by atoms with E-state index in [1.807, 2.05) is 43.2 Å². The predicted molar refractivity (Wildman–Crippen MR) is 151 cm³/mol. The summed E-state index contributed by atoms with van der Waals surface area (Å²) in [7, 11) is 7.56. The summed E-state index contributed by atoms with van der Waals surface area (Å²) in [5, 5.41) is 8.86. The molecular weight excluding hydrogens is 477 g/mol. The van der Waals surface area contributed by atoms with Crippen molar-refractivity contribution in [2.75, 3.05) is 0 Å². The van der Waals surface area contributed by atoms with Crippen molar-refractivity contribution in [1.82, 2.24) is 10.2 Å². The summed E-state index contributed by atoms with van der Waals surface area (Å²) in [6, 6.07) is 0. The molecule has 1 heterocycles. The van der Waals surface area contributed by atoms with Crippen LogP contribution >= 0.6 is 54.5 Å². The maximum atomic E-state index is 4.43. The van der Waals surface area contributed by atoms with Crippen LogP contribution in [0.25, 0.3) is 0 Å². The fourth-order valence-corrected chi connectivity index (χ4v) is 9.43. The van der Waals surface area contributed by atoms with E-state index in [2.05, 4.69) is 51.7 Å². The largest absolute Gasteiger partial charge is 0.185 e. The van der Waals surface area contributed by atoms with Gasteiger partial charge in [0.05, 0.1) is 0 Å². The summed E-state index contributed by atoms with van der Waals surface area (Å²) in [6.07, 6.45) is 19.0. The zero-order chi connectivity index (χ0) is 23.0. The first-order chi connectivity index (χ1) is 14.8. The second kappa shape index (κ2) is 17.4. The third-order valence-electron chi connectivity index (χ3n) is 5.33. The van der Waals surface area contributed by atoms with Crippen LogP contribution < -0.4 is 0 Å². The molecule has 0 atom stereocenters. The number of hydrogen-bond acceptors (Lipinski definition) is 7. The minimum atomic E-state index is 0.294. The Morgan fingerprint density at radius 1 is 0.581 bits per heavy atom. The quantitative estimate of drug-likeness (QED) is 0.125. The lowest BCUT2D eigenvalue weighted by Gasteiger charge is -2.22. The summed E-state index contributed by atoms with van der Waals surface area (Å²) in [4.78, 5) is 0. The van der Waals surface area contributed by atoms with Crippen molar-refractivity contribution in [1.29, 1.82) is 0 Å². The molecule has 0 aliphatic rings. The van der Waals surface area contributed by atoms with Gasteiger partial charge in [0.1, 0.15) is 0 Å². The van der Waals surface area contributed by atoms with E-state index in [9.17, 15) is 0 Å². The van der Waals surface area contributed by atoms with Gasteiger partial charge in [-0.15, -0.1) is 10.2 Å². The van der Waals surface area contributed by atoms with E-state index in [0.717, 1.165) is 8.68 Å². The average Bonchev–Trinajstić information content (AvgIpc) is 3.18. The van der Waals surface area contributed by atoms with Gasteiger partial charge in [-0.1, -0.05) is 124 Å². The molecule has 0 fully saturated rings. The third kappa shape index (κ3) is 16.3. The Morgan fingerprint density at radius 2 is 0.935 bits per heavy atom. The van der Waals surface area contributed by atoms with Gasteiger partial charge in [-0.05, 0) is 62.1 Å². The van der Waals surface area contributed by atoms with Gasteiger partial charge in [-0.2, -0.15) is 0 Å². The minimum absolute atomic E-state index is 0.294. The Kier molecular flexibility index (Phi) is 16.8. The molecule has 2 nitrogen and oxygen atoms in total. The predicted octanol–water partition coefficient (Wildman–Crippen LogP) is 11.1. The highest BCUT2D eigenvalue weighted by atomic mass is 33.1. The monoisotopic (exact) mass is 522 g/mol. The van der Waals surface area contributed by atoms with Crippen LogP contribution in [-0.2, 0) is 0 Å². The molecule has 0 saturated heterocycles. The van der Waals surface area contributed by atoms with Gasteiger partial charge in [-0.25, -0.2) is 0 Å². The van der Waals surface area contributed by atoms with E-state index in [-0.39, 0.29) is 0 Å². The zero-order valence-corrected chi connectivity index (χ0v) is 24.9. The molecule has 0 amide bonds. The van der Waals surface area contributed by atoms with Crippen LogP contribution in [0, 0.1) is 0 Å². The molecular formula is C24H46N2S5. The van der Waals surface area contributed by atoms with Gasteiger partial charge >= 0.3 is 0 Å². The number of rotatable bonds is 20. The van der Waals surface area contributed by atoms with Crippen LogP contribution in [0.15, 0.2) is 8.68 Å². The van der Waals surface area contributed by atoms with Crippen LogP contribution in [0.5, 0.6) is 0 Å². The summed E-state index contributed by atoms with van der Waals surface area (Å²) in [5.74, 6) is 0. The molecule has 0 bridgehead atoms. The average molecular weight is 523 g/mol. The molecule has 31 heavy (non-hydrogen) atoms. The van der Waals surface area contributed by atoms with Crippen LogP contribution in [-0.4, -0.2) is 19.7 Å². The van der Waals surface area contributed by atoms with Crippen molar-refractivity contribution in [3.8, 4) is 0 Å². The molecule has 0 aromatic carbocycles. The SMILES string of the molecule is CCCCCCCCC(C)(C)SSc1nnc(SSC(C)(C)CCCCCCCC)s1. The van der Waals surface area contributed by atoms with Crippen LogP contribution in [0.1, 0.15) is 131 Å². The second-order valence-electron chi connectivity index (χ2n) is 9.72. The number of unbranched alkanes of at least 4 members (excludes halogenated alkanes) is 10. The molecule has 0 spiro atoms. The molecule has 0 unspecified atom stereocenters. The number of hydrogen-bond donors (Lipinski definition) is 0. The van der Waals surface area contributed by atoms with E-state index in [1.165, 1.54) is 89.9 Å². The van der Waals surface area contributed by atoms with Gasteiger partial charge in [0.2, 0.25) is 0 Å². The highest BCUT2D eigenvalue weighted by Gasteiger charge is 2.22. The van der Waals surface area contributed by atoms with Crippen LogP contribution in [0.2, 0.25) is 0 Å². The topological polar surface area (TPSA) is 25.8 Å². The lowest BCUT2D eigenvalue weighted by atomic mass is 10.0. The van der Waals surface area contributed by atoms with E-state index in [0.29, 0.717) is 9.49 Å². The summed E-state index contributed by atoms with van der Waals surface area (Å²) in [5.41, 5.74) is 0. The Labute approximate surface area is 213 Å². The normalized spacial score (nSPS) is 12.6. The summed E-state index contributed by atoms with van der Waals surface area (Å²) in [6.45, 7) is 14.0. The number of aromatic nitrogens is 2. The van der Waals surface area contributed by atoms with Crippen molar-refractivity contribution < 1.29 is 0 Å². The standard InChI is InChI=1S/C24H46N2S5/c1-7-9-11-13-15-17-19-23(3,4)30-28-21-25-26-22(27-21)29-31-24(5,6)20-18-16-14-12-10-8-2/h7-20H2,1-6H3. The molecule has 0 radical (unpaired) electrons. The minimum Gasteiger partial charge on any atom is -0.130 e. The highest BCUT2D eigenvalue weighted by molar-refractivity contribution is 8.78. The molecule has 182 valence electrons. The van der Waals surface area contributed by atoms with Crippen molar-refractivity contribution in [2.45, 2.75) is 150 Å². The number of nitrogens with zero attached hydrogens (tertiary/aromatic N) is 2. The van der Waals surface area contributed by atoms with Crippen molar-refractivity contribution in [3.63, 3.8) is 0 Å². The maximum absolute atomic E-state index is 4.43. The van der Waals surface area contributed by atoms with Crippen LogP contribution in [0.3, 0.4) is 0 Å². The van der Waals surface area contributed by atoms with Gasteiger partial charge in [0.15, 0.2) is 8.68 Å². The zero-order valence-electron chi connectivity index (χ0n) is 20.8. The first kappa shape index (κ1) is 30.0. The fraction of sp³-hybridized carbons (Fsp3) is 0.917. The second-order valence-corrected chi connectivity index (χ2v) is 16.9. The summed E-state index contributed by atoms with van der Waals surface area (Å²) >= 11 is 1.75. The first-order valence-corrected chi connectivity index (χ1v) is 17.4. The van der Waals surface area contributed by atoms with Gasteiger partial charge in [0, 0.05) is 9.49 Å². The summed E-state index contributed by atoms with van der Waals surface area (Å²) < 4.78 is 2.78. The fourth-order valence-electron chi connectivity index (χ4n) is 3.31. The van der Waals surface area contributed by atoms with Crippen molar-refractivity contribution in [3.05, 3.63) is 0 Å². The molecule has 7 heteroatoms. The van der Waals surface area contributed by atoms with Gasteiger partial charge in [0.25, 0.3) is 0 Å². The highest BCUT2D eigenvalue weighted by Crippen LogP contribution is 2.48. The Morgan fingerprint density at radius 3 is 1.32 bits per heavy atom. The molecule has 0 saturated carbocycles. The lowest BCUT2D eigenvalue weighted by molar-refractivity contribution is 0.543.